The Hall–Kier alpha value is -2.56. The van der Waals surface area contributed by atoms with Crippen LogP contribution in [0.5, 0.6) is 5.75 Å². The molecule has 1 aromatic carbocycles. The van der Waals surface area contributed by atoms with Crippen molar-refractivity contribution in [2.24, 2.45) is 5.92 Å². The fourth-order valence-corrected chi connectivity index (χ4v) is 4.37. The van der Waals surface area contributed by atoms with Crippen LogP contribution >= 0.6 is 0 Å². The molecule has 2 aromatic rings. The number of anilines is 1. The van der Waals surface area contributed by atoms with Gasteiger partial charge in [0.05, 0.1) is 5.56 Å². The van der Waals surface area contributed by atoms with Gasteiger partial charge in [-0.3, -0.25) is 4.79 Å². The van der Waals surface area contributed by atoms with Crippen molar-refractivity contribution in [1.82, 2.24) is 0 Å². The fourth-order valence-electron chi connectivity index (χ4n) is 4.37. The molecule has 0 spiro atoms. The lowest BCUT2D eigenvalue weighted by Gasteiger charge is -2.21. The maximum atomic E-state index is 12.9. The molecule has 5 nitrogen and oxygen atoms in total. The molecule has 0 aliphatic heterocycles. The second-order valence-electron chi connectivity index (χ2n) is 7.96. The summed E-state index contributed by atoms with van der Waals surface area (Å²) in [5.74, 6) is 0.457. The third-order valence-corrected chi connectivity index (χ3v) is 5.83. The second-order valence-corrected chi connectivity index (χ2v) is 7.96. The average Bonchev–Trinajstić information content (AvgIpc) is 3.45. The van der Waals surface area contributed by atoms with E-state index in [0.29, 0.717) is 29.3 Å². The Labute approximate surface area is 164 Å². The first-order valence-electron chi connectivity index (χ1n) is 10.1. The van der Waals surface area contributed by atoms with Crippen LogP contribution < -0.4 is 10.9 Å². The third-order valence-electron chi connectivity index (χ3n) is 5.83. The maximum absolute atomic E-state index is 12.9. The van der Waals surface area contributed by atoms with Gasteiger partial charge >= 0.3 is 5.63 Å². The van der Waals surface area contributed by atoms with E-state index in [4.69, 9.17) is 4.42 Å². The number of fused-ring (bicyclic) bond motifs is 1. The first-order valence-corrected chi connectivity index (χ1v) is 10.1. The fraction of sp³-hybridized carbons (Fsp3) is 0.435. The van der Waals surface area contributed by atoms with Gasteiger partial charge in [-0.2, -0.15) is 0 Å². The van der Waals surface area contributed by atoms with Crippen LogP contribution in [0.4, 0.5) is 5.69 Å². The Morgan fingerprint density at radius 3 is 2.64 bits per heavy atom. The molecule has 1 unspecified atom stereocenters. The molecule has 1 amide bonds. The van der Waals surface area contributed by atoms with Gasteiger partial charge in [-0.15, -0.1) is 0 Å². The predicted molar refractivity (Wildman–Crippen MR) is 108 cm³/mol. The number of hydrogen-bond donors (Lipinski definition) is 2. The summed E-state index contributed by atoms with van der Waals surface area (Å²) < 4.78 is 5.73. The van der Waals surface area contributed by atoms with E-state index in [1.165, 1.54) is 0 Å². The van der Waals surface area contributed by atoms with Crippen LogP contribution in [-0.4, -0.2) is 11.0 Å². The van der Waals surface area contributed by atoms with Gasteiger partial charge in [0.2, 0.25) is 5.91 Å². The average molecular weight is 380 g/mol. The number of carbonyl (C=O) groups excluding carboxylic acids is 1. The predicted octanol–water partition coefficient (Wildman–Crippen LogP) is 4.32. The Bertz CT molecular complexity index is 942. The van der Waals surface area contributed by atoms with Crippen LogP contribution in [-0.2, 0) is 17.6 Å². The summed E-state index contributed by atoms with van der Waals surface area (Å²) in [6, 6.07) is 7.45. The van der Waals surface area contributed by atoms with Crippen LogP contribution in [0, 0.1) is 12.8 Å². The van der Waals surface area contributed by atoms with E-state index < -0.39 is 5.63 Å². The van der Waals surface area contributed by atoms with Crippen molar-refractivity contribution in [3.05, 3.63) is 64.1 Å². The minimum atomic E-state index is -0.430. The molecule has 4 rings (SSSR count). The number of benzene rings is 1. The van der Waals surface area contributed by atoms with E-state index in [2.05, 4.69) is 12.2 Å². The number of rotatable bonds is 4. The van der Waals surface area contributed by atoms with Gasteiger partial charge in [0.1, 0.15) is 11.5 Å². The largest absolute Gasteiger partial charge is 0.507 e. The summed E-state index contributed by atoms with van der Waals surface area (Å²) in [5.41, 5.74) is 2.29. The van der Waals surface area contributed by atoms with Gasteiger partial charge in [0.25, 0.3) is 0 Å². The molecule has 5 heteroatoms. The maximum Gasteiger partial charge on any atom is 0.343 e. The molecule has 0 bridgehead atoms. The zero-order valence-electron chi connectivity index (χ0n) is 16.0. The topological polar surface area (TPSA) is 79.5 Å². The normalized spacial score (nSPS) is 17.9. The van der Waals surface area contributed by atoms with Crippen LogP contribution in [0.2, 0.25) is 0 Å². The van der Waals surface area contributed by atoms with Crippen LogP contribution in [0.15, 0.2) is 33.5 Å². The van der Waals surface area contributed by atoms with Crippen molar-refractivity contribution in [1.29, 1.82) is 0 Å². The molecule has 1 atom stereocenters. The highest BCUT2D eigenvalue weighted by molar-refractivity contribution is 5.93. The highest BCUT2D eigenvalue weighted by atomic mass is 16.4. The molecule has 1 aromatic heterocycles. The standard InChI is InChI=1S/C23H26NO4/c1-14(25)24-17-8-6-7-16(13-17)20(15-11-12-15)21-22(26)18-9-4-2-3-5-10-19(18)28-23(21)27/h6-8,13,15,20,26H,1-5,9-12H2,(H,24,25). The summed E-state index contributed by atoms with van der Waals surface area (Å²) in [5, 5.41) is 13.8. The van der Waals surface area contributed by atoms with Crippen LogP contribution in [0.1, 0.15) is 66.9 Å². The molecular weight excluding hydrogens is 354 g/mol. The molecule has 147 valence electrons. The summed E-state index contributed by atoms with van der Waals surface area (Å²) in [6.45, 7) is 3.35. The number of amides is 1. The van der Waals surface area contributed by atoms with Gasteiger partial charge in [-0.25, -0.2) is 4.79 Å². The van der Waals surface area contributed by atoms with Gasteiger partial charge in [-0.05, 0) is 55.7 Å². The number of nitrogens with one attached hydrogen (secondary N) is 1. The number of hydrogen-bond acceptors (Lipinski definition) is 4. The molecule has 1 fully saturated rings. The van der Waals surface area contributed by atoms with E-state index in [-0.39, 0.29) is 17.6 Å². The summed E-state index contributed by atoms with van der Waals surface area (Å²) >= 11 is 0. The molecule has 2 aliphatic carbocycles. The van der Waals surface area contributed by atoms with Crippen LogP contribution in [0.3, 0.4) is 0 Å². The van der Waals surface area contributed by atoms with Crippen molar-refractivity contribution in [2.45, 2.75) is 57.3 Å². The quantitative estimate of drug-likeness (QED) is 0.828. The van der Waals surface area contributed by atoms with E-state index in [0.717, 1.165) is 56.1 Å². The summed E-state index contributed by atoms with van der Waals surface area (Å²) in [7, 11) is 0. The van der Waals surface area contributed by atoms with E-state index in [1.54, 1.807) is 6.07 Å². The van der Waals surface area contributed by atoms with Crippen molar-refractivity contribution >= 4 is 11.6 Å². The molecule has 1 heterocycles. The summed E-state index contributed by atoms with van der Waals surface area (Å²) in [4.78, 5) is 24.2. The third kappa shape index (κ3) is 3.84. The Morgan fingerprint density at radius 1 is 1.18 bits per heavy atom. The van der Waals surface area contributed by atoms with E-state index >= 15 is 0 Å². The van der Waals surface area contributed by atoms with Crippen molar-refractivity contribution in [3.8, 4) is 5.75 Å². The zero-order chi connectivity index (χ0) is 19.7. The molecule has 2 aliphatic rings. The smallest absolute Gasteiger partial charge is 0.343 e. The van der Waals surface area contributed by atoms with Gasteiger partial charge in [-0.1, -0.05) is 25.0 Å². The lowest BCUT2D eigenvalue weighted by Crippen LogP contribution is -2.19. The van der Waals surface area contributed by atoms with Crippen LogP contribution in [0.25, 0.3) is 0 Å². The number of aromatic hydroxyl groups is 1. The molecule has 28 heavy (non-hydrogen) atoms. The van der Waals surface area contributed by atoms with Crippen molar-refractivity contribution in [2.75, 3.05) is 5.32 Å². The molecule has 2 N–H and O–H groups in total. The van der Waals surface area contributed by atoms with E-state index in [1.807, 2.05) is 18.2 Å². The Kier molecular flexibility index (Phi) is 5.25. The molecule has 0 saturated heterocycles. The number of aryl methyl sites for hydroxylation is 1. The highest BCUT2D eigenvalue weighted by Crippen LogP contribution is 2.49. The molecule has 1 radical (unpaired) electrons. The minimum Gasteiger partial charge on any atom is -0.507 e. The number of carbonyl (C=O) groups is 1. The lowest BCUT2D eigenvalue weighted by molar-refractivity contribution is -0.112. The first kappa shape index (κ1) is 18.8. The SMILES string of the molecule is [CH2]C(=O)Nc1cccc(C(c2c(O)c3c(oc2=O)CCCCCC3)C2CC2)c1. The van der Waals surface area contributed by atoms with Gasteiger partial charge in [0, 0.05) is 30.5 Å². The van der Waals surface area contributed by atoms with E-state index in [9.17, 15) is 14.7 Å². The van der Waals surface area contributed by atoms with Gasteiger partial charge < -0.3 is 14.8 Å². The van der Waals surface area contributed by atoms with Gasteiger partial charge in [0.15, 0.2) is 0 Å². The zero-order valence-corrected chi connectivity index (χ0v) is 16.0. The van der Waals surface area contributed by atoms with Crippen molar-refractivity contribution in [3.63, 3.8) is 0 Å². The highest BCUT2D eigenvalue weighted by Gasteiger charge is 2.38. The second kappa shape index (κ2) is 7.82. The Balaban J connectivity index is 1.80. The minimum absolute atomic E-state index is 0.122. The Morgan fingerprint density at radius 2 is 1.93 bits per heavy atom. The monoisotopic (exact) mass is 380 g/mol. The summed E-state index contributed by atoms with van der Waals surface area (Å²) in [6.07, 6.45) is 7.69. The first-order chi connectivity index (χ1) is 13.5. The lowest BCUT2D eigenvalue weighted by atomic mass is 9.85. The molecular formula is C23H26NO4. The molecule has 1 saturated carbocycles. The van der Waals surface area contributed by atoms with Crippen molar-refractivity contribution < 1.29 is 14.3 Å².